The van der Waals surface area contributed by atoms with Crippen LogP contribution in [-0.2, 0) is 11.3 Å². The van der Waals surface area contributed by atoms with Gasteiger partial charge in [0.15, 0.2) is 12.4 Å². The molecule has 0 saturated carbocycles. The van der Waals surface area contributed by atoms with Gasteiger partial charge in [0.2, 0.25) is 0 Å². The second-order valence-corrected chi connectivity index (χ2v) is 9.05. The minimum absolute atomic E-state index is 0.144. The molecule has 0 aliphatic rings. The number of ether oxygens (including phenoxy) is 1. The molecule has 2 aromatic heterocycles. The molecule has 2 N–H and O–H groups in total. The third kappa shape index (κ3) is 6.71. The maximum absolute atomic E-state index is 12.2. The number of rotatable bonds is 9. The number of nitrogens with one attached hydrogen (secondary N) is 2. The molecule has 0 saturated heterocycles. The first-order valence-corrected chi connectivity index (χ1v) is 11.7. The number of aromatic nitrogens is 4. The van der Waals surface area contributed by atoms with Crippen LogP contribution in [0.4, 0.5) is 0 Å². The topological polar surface area (TPSA) is 124 Å². The summed E-state index contributed by atoms with van der Waals surface area (Å²) in [7, 11) is 0. The molecule has 1 aromatic carbocycles. The van der Waals surface area contributed by atoms with Crippen molar-refractivity contribution in [1.82, 2.24) is 30.6 Å². The number of benzene rings is 1. The molecule has 14 heteroatoms. The summed E-state index contributed by atoms with van der Waals surface area (Å²) < 4.78 is 13.1. The van der Waals surface area contributed by atoms with Gasteiger partial charge in [-0.25, -0.2) is 0 Å². The average molecular weight is 628 g/mol. The van der Waals surface area contributed by atoms with Crippen molar-refractivity contribution in [2.75, 3.05) is 19.7 Å². The highest BCUT2D eigenvalue weighted by Gasteiger charge is 2.17. The number of hydrogen-bond donors (Lipinski definition) is 2. The predicted octanol–water partition coefficient (Wildman–Crippen LogP) is 3.42. The number of nitrogens with zero attached hydrogens (tertiary/aromatic N) is 4. The van der Waals surface area contributed by atoms with Crippen LogP contribution in [0.15, 0.2) is 16.7 Å². The van der Waals surface area contributed by atoms with Crippen LogP contribution < -0.4 is 15.4 Å². The lowest BCUT2D eigenvalue weighted by molar-refractivity contribution is -0.123. The zero-order valence-electron chi connectivity index (χ0n) is 17.4. The second-order valence-electron chi connectivity index (χ2n) is 6.75. The van der Waals surface area contributed by atoms with E-state index in [0.717, 1.165) is 15.0 Å². The largest absolute Gasteiger partial charge is 0.482 e. The second kappa shape index (κ2) is 11.4. The van der Waals surface area contributed by atoms with E-state index in [9.17, 15) is 9.59 Å². The van der Waals surface area contributed by atoms with E-state index in [1.807, 2.05) is 13.8 Å². The maximum atomic E-state index is 12.2. The minimum Gasteiger partial charge on any atom is -0.482 e. The summed E-state index contributed by atoms with van der Waals surface area (Å²) in [4.78, 5) is 28.2. The van der Waals surface area contributed by atoms with Gasteiger partial charge in [0.1, 0.15) is 12.3 Å². The normalized spacial score (nSPS) is 10.8. The third-order valence-electron chi connectivity index (χ3n) is 4.31. The SMILES string of the molecule is Cc1nn(Cc2noc(C(=O)NCCNC(=O)COc3cc(Cl)c(Cl)cc3Cl)n2)c(C)c1I. The zero-order chi connectivity index (χ0) is 24.1. The molecule has 0 atom stereocenters. The number of carbonyl (C=O) groups is 2. The Morgan fingerprint density at radius 1 is 1.12 bits per heavy atom. The predicted molar refractivity (Wildman–Crippen MR) is 130 cm³/mol. The van der Waals surface area contributed by atoms with Crippen LogP contribution in [-0.4, -0.2) is 51.4 Å². The van der Waals surface area contributed by atoms with Gasteiger partial charge >= 0.3 is 11.8 Å². The first kappa shape index (κ1) is 25.5. The molecule has 0 aliphatic carbocycles. The highest BCUT2D eigenvalue weighted by molar-refractivity contribution is 14.1. The summed E-state index contributed by atoms with van der Waals surface area (Å²) in [5, 5.41) is 14.2. The number of halogens is 4. The number of amides is 2. The summed E-state index contributed by atoms with van der Waals surface area (Å²) in [6, 6.07) is 2.85. The van der Waals surface area contributed by atoms with Crippen molar-refractivity contribution in [3.63, 3.8) is 0 Å². The van der Waals surface area contributed by atoms with Gasteiger partial charge in [0.05, 0.1) is 24.3 Å². The molecular weight excluding hydrogens is 610 g/mol. The van der Waals surface area contributed by atoms with E-state index in [1.165, 1.54) is 12.1 Å². The molecule has 0 bridgehead atoms. The average Bonchev–Trinajstić information content (AvgIpc) is 3.33. The molecule has 10 nitrogen and oxygen atoms in total. The quantitative estimate of drug-likeness (QED) is 0.212. The van der Waals surface area contributed by atoms with Gasteiger partial charge in [-0.3, -0.25) is 14.3 Å². The van der Waals surface area contributed by atoms with Crippen molar-refractivity contribution in [1.29, 1.82) is 0 Å². The highest BCUT2D eigenvalue weighted by Crippen LogP contribution is 2.33. The van der Waals surface area contributed by atoms with Crippen LogP contribution in [0.5, 0.6) is 5.75 Å². The number of aryl methyl sites for hydroxylation is 1. The molecule has 2 amide bonds. The molecule has 0 aliphatic heterocycles. The molecule has 3 aromatic rings. The van der Waals surface area contributed by atoms with Gasteiger partial charge in [-0.15, -0.1) is 0 Å². The summed E-state index contributed by atoms with van der Waals surface area (Å²) >= 11 is 20.0. The number of hydrogen-bond acceptors (Lipinski definition) is 7. The minimum atomic E-state index is -0.551. The Kier molecular flexibility index (Phi) is 8.79. The summed E-state index contributed by atoms with van der Waals surface area (Å²) in [5.74, 6) is -0.577. The molecule has 0 spiro atoms. The third-order valence-corrected chi connectivity index (χ3v) is 6.89. The van der Waals surface area contributed by atoms with Gasteiger partial charge in [-0.2, -0.15) is 10.1 Å². The summed E-state index contributed by atoms with van der Waals surface area (Å²) in [6.45, 7) is 4.15. The Morgan fingerprint density at radius 3 is 2.52 bits per heavy atom. The Labute approximate surface area is 217 Å². The van der Waals surface area contributed by atoms with Gasteiger partial charge in [0.25, 0.3) is 5.91 Å². The molecule has 0 unspecified atom stereocenters. The lowest BCUT2D eigenvalue weighted by Gasteiger charge is -2.10. The summed E-state index contributed by atoms with van der Waals surface area (Å²) in [5.41, 5.74) is 1.88. The van der Waals surface area contributed by atoms with E-state index in [2.05, 4.69) is 48.5 Å². The Morgan fingerprint density at radius 2 is 1.82 bits per heavy atom. The Balaban J connectivity index is 1.40. The number of carbonyl (C=O) groups excluding carboxylic acids is 2. The van der Waals surface area contributed by atoms with Crippen LogP contribution in [0.3, 0.4) is 0 Å². The van der Waals surface area contributed by atoms with Crippen LogP contribution in [0, 0.1) is 17.4 Å². The van der Waals surface area contributed by atoms with Crippen molar-refractivity contribution in [2.24, 2.45) is 0 Å². The molecule has 3 rings (SSSR count). The van der Waals surface area contributed by atoms with Gasteiger partial charge in [0, 0.05) is 24.8 Å². The lowest BCUT2D eigenvalue weighted by Crippen LogP contribution is -2.36. The fourth-order valence-electron chi connectivity index (χ4n) is 2.64. The van der Waals surface area contributed by atoms with Crippen LogP contribution >= 0.6 is 57.4 Å². The van der Waals surface area contributed by atoms with Gasteiger partial charge in [-0.1, -0.05) is 40.0 Å². The van der Waals surface area contributed by atoms with E-state index in [0.29, 0.717) is 5.82 Å². The van der Waals surface area contributed by atoms with E-state index >= 15 is 0 Å². The molecule has 33 heavy (non-hydrogen) atoms. The van der Waals surface area contributed by atoms with Crippen LogP contribution in [0.25, 0.3) is 0 Å². The zero-order valence-corrected chi connectivity index (χ0v) is 21.8. The highest BCUT2D eigenvalue weighted by atomic mass is 127. The van der Waals surface area contributed by atoms with E-state index in [1.54, 1.807) is 4.68 Å². The lowest BCUT2D eigenvalue weighted by atomic mass is 10.3. The smallest absolute Gasteiger partial charge is 0.316 e. The Bertz CT molecular complexity index is 1180. The van der Waals surface area contributed by atoms with Crippen LogP contribution in [0.1, 0.15) is 27.9 Å². The van der Waals surface area contributed by atoms with E-state index < -0.39 is 11.8 Å². The summed E-state index contributed by atoms with van der Waals surface area (Å²) in [6.07, 6.45) is 0. The standard InChI is InChI=1S/C19H18Cl3IN6O4/c1-9-17(23)10(2)29(27-9)7-15-26-19(33-28-15)18(31)25-4-3-24-16(30)8-32-14-6-12(21)11(20)5-13(14)22/h5-6H,3-4,7-8H2,1-2H3,(H,24,30)(H,25,31). The molecule has 176 valence electrons. The van der Waals surface area contributed by atoms with Crippen molar-refractivity contribution in [3.8, 4) is 5.75 Å². The van der Waals surface area contributed by atoms with Crippen LogP contribution in [0.2, 0.25) is 15.1 Å². The molecule has 0 radical (unpaired) electrons. The molecule has 2 heterocycles. The fraction of sp³-hybridized carbons (Fsp3) is 0.316. The fourth-order valence-corrected chi connectivity index (χ4v) is 3.61. The van der Waals surface area contributed by atoms with Crippen molar-refractivity contribution >= 4 is 69.2 Å². The van der Waals surface area contributed by atoms with Gasteiger partial charge < -0.3 is 19.9 Å². The van der Waals surface area contributed by atoms with E-state index in [4.69, 9.17) is 44.1 Å². The van der Waals surface area contributed by atoms with Crippen molar-refractivity contribution in [2.45, 2.75) is 20.4 Å². The first-order chi connectivity index (χ1) is 15.7. The monoisotopic (exact) mass is 626 g/mol. The first-order valence-electron chi connectivity index (χ1n) is 9.50. The van der Waals surface area contributed by atoms with Crippen molar-refractivity contribution < 1.29 is 18.8 Å². The molecule has 0 fully saturated rings. The van der Waals surface area contributed by atoms with Gasteiger partial charge in [-0.05, 0) is 42.5 Å². The molecular formula is C19H18Cl3IN6O4. The van der Waals surface area contributed by atoms with E-state index in [-0.39, 0.29) is 52.9 Å². The maximum Gasteiger partial charge on any atom is 0.316 e. The Hall–Kier alpha value is -2.09. The van der Waals surface area contributed by atoms with Crippen molar-refractivity contribution in [3.05, 3.63) is 53.9 Å².